The summed E-state index contributed by atoms with van der Waals surface area (Å²) in [6.07, 6.45) is 9.31. The van der Waals surface area contributed by atoms with E-state index in [1.165, 1.54) is 31.2 Å². The van der Waals surface area contributed by atoms with Gasteiger partial charge in [0.05, 0.1) is 11.7 Å². The molecule has 0 saturated heterocycles. The molecule has 0 atom stereocenters. The van der Waals surface area contributed by atoms with E-state index in [-0.39, 0.29) is 0 Å². The molecule has 1 aliphatic carbocycles. The summed E-state index contributed by atoms with van der Waals surface area (Å²) < 4.78 is 2.15. The first-order valence-corrected chi connectivity index (χ1v) is 7.47. The molecule has 1 fully saturated rings. The van der Waals surface area contributed by atoms with E-state index < -0.39 is 0 Å². The fourth-order valence-electron chi connectivity index (χ4n) is 2.78. The van der Waals surface area contributed by atoms with Crippen molar-refractivity contribution in [3.8, 4) is 0 Å². The maximum atomic E-state index is 4.68. The molecule has 2 aromatic rings. The fourth-order valence-corrected chi connectivity index (χ4v) is 2.78. The van der Waals surface area contributed by atoms with Crippen LogP contribution in [0.3, 0.4) is 0 Å². The minimum atomic E-state index is 0.630. The summed E-state index contributed by atoms with van der Waals surface area (Å²) >= 11 is 0. The SMILES string of the molecule is Cc1ccc(CNCc2ccn(C3CCCC3)n2)cn1. The van der Waals surface area contributed by atoms with E-state index in [0.717, 1.165) is 24.5 Å². The standard InChI is InChI=1S/C16H22N4/c1-13-6-7-14(11-18-13)10-17-12-15-8-9-20(19-15)16-4-2-3-5-16/h6-9,11,16-17H,2-5,10,12H2,1H3. The Labute approximate surface area is 120 Å². The minimum absolute atomic E-state index is 0.630. The van der Waals surface area contributed by atoms with Gasteiger partial charge in [0.25, 0.3) is 0 Å². The molecule has 0 unspecified atom stereocenters. The lowest BCUT2D eigenvalue weighted by Gasteiger charge is -2.09. The van der Waals surface area contributed by atoms with Gasteiger partial charge in [0.2, 0.25) is 0 Å². The molecule has 1 saturated carbocycles. The smallest absolute Gasteiger partial charge is 0.0762 e. The second-order valence-electron chi connectivity index (χ2n) is 5.64. The Morgan fingerprint density at radius 1 is 1.20 bits per heavy atom. The predicted molar refractivity (Wildman–Crippen MR) is 79.2 cm³/mol. The molecular formula is C16H22N4. The van der Waals surface area contributed by atoms with Gasteiger partial charge in [0.15, 0.2) is 0 Å². The van der Waals surface area contributed by atoms with Gasteiger partial charge in [0, 0.05) is 31.2 Å². The van der Waals surface area contributed by atoms with Crippen LogP contribution in [0.5, 0.6) is 0 Å². The van der Waals surface area contributed by atoms with Gasteiger partial charge >= 0.3 is 0 Å². The summed E-state index contributed by atoms with van der Waals surface area (Å²) in [5.74, 6) is 0. The van der Waals surface area contributed by atoms with E-state index in [2.05, 4.69) is 38.4 Å². The van der Waals surface area contributed by atoms with Gasteiger partial charge in [0.1, 0.15) is 0 Å². The van der Waals surface area contributed by atoms with Crippen LogP contribution in [0.2, 0.25) is 0 Å². The number of pyridine rings is 1. The van der Waals surface area contributed by atoms with Crippen LogP contribution >= 0.6 is 0 Å². The highest BCUT2D eigenvalue weighted by molar-refractivity contribution is 5.13. The van der Waals surface area contributed by atoms with Crippen molar-refractivity contribution in [2.45, 2.75) is 51.7 Å². The summed E-state index contributed by atoms with van der Waals surface area (Å²) in [6.45, 7) is 3.66. The zero-order valence-electron chi connectivity index (χ0n) is 12.0. The Morgan fingerprint density at radius 3 is 2.80 bits per heavy atom. The molecule has 4 nitrogen and oxygen atoms in total. The number of aromatic nitrogens is 3. The van der Waals surface area contributed by atoms with Crippen molar-refractivity contribution in [1.29, 1.82) is 0 Å². The minimum Gasteiger partial charge on any atom is -0.307 e. The molecule has 0 amide bonds. The van der Waals surface area contributed by atoms with Crippen molar-refractivity contribution in [3.63, 3.8) is 0 Å². The molecule has 20 heavy (non-hydrogen) atoms. The van der Waals surface area contributed by atoms with Crippen LogP contribution in [0.4, 0.5) is 0 Å². The van der Waals surface area contributed by atoms with E-state index in [1.54, 1.807) is 0 Å². The molecule has 3 rings (SSSR count). The van der Waals surface area contributed by atoms with Crippen LogP contribution in [0, 0.1) is 6.92 Å². The monoisotopic (exact) mass is 270 g/mol. The van der Waals surface area contributed by atoms with Crippen LogP contribution in [0.15, 0.2) is 30.6 Å². The summed E-state index contributed by atoms with van der Waals surface area (Å²) in [4.78, 5) is 4.30. The molecule has 2 aromatic heterocycles. The van der Waals surface area contributed by atoms with Gasteiger partial charge in [-0.25, -0.2) is 0 Å². The van der Waals surface area contributed by atoms with Gasteiger partial charge in [-0.3, -0.25) is 9.67 Å². The molecule has 0 spiro atoms. The number of nitrogens with one attached hydrogen (secondary N) is 1. The van der Waals surface area contributed by atoms with Gasteiger partial charge in [-0.1, -0.05) is 18.9 Å². The van der Waals surface area contributed by atoms with Crippen molar-refractivity contribution in [3.05, 3.63) is 47.5 Å². The highest BCUT2D eigenvalue weighted by Crippen LogP contribution is 2.28. The Balaban J connectivity index is 1.49. The highest BCUT2D eigenvalue weighted by atomic mass is 15.3. The second-order valence-corrected chi connectivity index (χ2v) is 5.64. The van der Waals surface area contributed by atoms with Crippen molar-refractivity contribution >= 4 is 0 Å². The number of aryl methyl sites for hydroxylation is 1. The van der Waals surface area contributed by atoms with Crippen molar-refractivity contribution in [2.24, 2.45) is 0 Å². The molecular weight excluding hydrogens is 248 g/mol. The molecule has 0 aliphatic heterocycles. The number of hydrogen-bond acceptors (Lipinski definition) is 3. The third kappa shape index (κ3) is 3.25. The van der Waals surface area contributed by atoms with Gasteiger partial charge in [-0.2, -0.15) is 5.10 Å². The van der Waals surface area contributed by atoms with Crippen LogP contribution < -0.4 is 5.32 Å². The maximum Gasteiger partial charge on any atom is 0.0762 e. The van der Waals surface area contributed by atoms with E-state index in [4.69, 9.17) is 0 Å². The Morgan fingerprint density at radius 2 is 2.05 bits per heavy atom. The molecule has 0 radical (unpaired) electrons. The van der Waals surface area contributed by atoms with E-state index in [0.29, 0.717) is 6.04 Å². The van der Waals surface area contributed by atoms with Crippen LogP contribution in [0.1, 0.15) is 48.7 Å². The average molecular weight is 270 g/mol. The summed E-state index contributed by atoms with van der Waals surface area (Å²) in [5.41, 5.74) is 3.40. The largest absolute Gasteiger partial charge is 0.307 e. The average Bonchev–Trinajstić information content (AvgIpc) is 3.11. The van der Waals surface area contributed by atoms with Crippen molar-refractivity contribution in [1.82, 2.24) is 20.1 Å². The fraction of sp³-hybridized carbons (Fsp3) is 0.500. The number of nitrogens with zero attached hydrogens (tertiary/aromatic N) is 3. The molecule has 4 heteroatoms. The Hall–Kier alpha value is -1.68. The first kappa shape index (κ1) is 13.3. The van der Waals surface area contributed by atoms with Crippen molar-refractivity contribution < 1.29 is 0 Å². The highest BCUT2D eigenvalue weighted by Gasteiger charge is 2.17. The third-order valence-corrected chi connectivity index (χ3v) is 3.97. The van der Waals surface area contributed by atoms with E-state index >= 15 is 0 Å². The van der Waals surface area contributed by atoms with Gasteiger partial charge in [-0.05, 0) is 37.5 Å². The van der Waals surface area contributed by atoms with Crippen LogP contribution in [-0.4, -0.2) is 14.8 Å². The number of rotatable bonds is 5. The second kappa shape index (κ2) is 6.18. The van der Waals surface area contributed by atoms with Crippen LogP contribution in [0.25, 0.3) is 0 Å². The van der Waals surface area contributed by atoms with Crippen LogP contribution in [-0.2, 0) is 13.1 Å². The lowest BCUT2D eigenvalue weighted by molar-refractivity contribution is 0.461. The maximum absolute atomic E-state index is 4.68. The van der Waals surface area contributed by atoms with E-state index in [9.17, 15) is 0 Å². The zero-order chi connectivity index (χ0) is 13.8. The van der Waals surface area contributed by atoms with Crippen molar-refractivity contribution in [2.75, 3.05) is 0 Å². The summed E-state index contributed by atoms with van der Waals surface area (Å²) in [7, 11) is 0. The molecule has 0 bridgehead atoms. The summed E-state index contributed by atoms with van der Waals surface area (Å²) in [5, 5.41) is 8.10. The number of hydrogen-bond donors (Lipinski definition) is 1. The first-order chi connectivity index (χ1) is 9.81. The Kier molecular flexibility index (Phi) is 4.11. The quantitative estimate of drug-likeness (QED) is 0.908. The lowest BCUT2D eigenvalue weighted by atomic mass is 10.2. The molecule has 0 aromatic carbocycles. The third-order valence-electron chi connectivity index (χ3n) is 3.97. The zero-order valence-corrected chi connectivity index (χ0v) is 12.0. The topological polar surface area (TPSA) is 42.7 Å². The Bertz CT molecular complexity index is 538. The summed E-state index contributed by atoms with van der Waals surface area (Å²) in [6, 6.07) is 6.92. The van der Waals surface area contributed by atoms with Gasteiger partial charge in [-0.15, -0.1) is 0 Å². The van der Waals surface area contributed by atoms with E-state index in [1.807, 2.05) is 19.2 Å². The molecule has 1 N–H and O–H groups in total. The van der Waals surface area contributed by atoms with Gasteiger partial charge < -0.3 is 5.32 Å². The predicted octanol–water partition coefficient (Wildman–Crippen LogP) is 2.99. The normalized spacial score (nSPS) is 15.8. The molecule has 1 aliphatic rings. The lowest BCUT2D eigenvalue weighted by Crippen LogP contribution is -2.14. The first-order valence-electron chi connectivity index (χ1n) is 7.47. The molecule has 2 heterocycles. The molecule has 106 valence electrons.